The van der Waals surface area contributed by atoms with Gasteiger partial charge in [-0.1, -0.05) is 25.0 Å². The summed E-state index contributed by atoms with van der Waals surface area (Å²) in [4.78, 5) is 19.0. The number of hydrogen-bond donors (Lipinski definition) is 3. The molecule has 2 aromatic carbocycles. The van der Waals surface area contributed by atoms with E-state index in [9.17, 15) is 13.2 Å². The highest BCUT2D eigenvalue weighted by atomic mass is 35.5. The van der Waals surface area contributed by atoms with Crippen LogP contribution in [0.5, 0.6) is 0 Å². The lowest BCUT2D eigenvalue weighted by atomic mass is 10.2. The van der Waals surface area contributed by atoms with Gasteiger partial charge in [-0.25, -0.2) is 13.1 Å². The van der Waals surface area contributed by atoms with E-state index in [1.807, 2.05) is 38.1 Å². The maximum atomic E-state index is 12.8. The fourth-order valence-electron chi connectivity index (χ4n) is 3.99. The second-order valence-corrected chi connectivity index (χ2v) is 12.3. The lowest BCUT2D eigenvalue weighted by molar-refractivity contribution is -0.121. The van der Waals surface area contributed by atoms with Crippen LogP contribution in [0.2, 0.25) is 0 Å². The molecule has 0 spiro atoms. The molecule has 0 atom stereocenters. The number of unbranched alkanes of at least 4 members (excludes halogenated alkanes) is 3. The third-order valence-corrected chi connectivity index (χ3v) is 8.16. The fraction of sp³-hybridized carbons (Fsp3) is 0.548. The number of amidine groups is 1. The molecule has 0 aliphatic heterocycles. The summed E-state index contributed by atoms with van der Waals surface area (Å²) in [6, 6.07) is 14.7. The van der Waals surface area contributed by atoms with Crippen LogP contribution in [-0.4, -0.2) is 86.2 Å². The van der Waals surface area contributed by atoms with E-state index in [2.05, 4.69) is 27.5 Å². The Morgan fingerprint density at radius 3 is 2.19 bits per heavy atom. The van der Waals surface area contributed by atoms with Gasteiger partial charge in [0.2, 0.25) is 15.9 Å². The molecule has 0 bridgehead atoms. The number of carbonyl (C=O) groups excluding carboxylic acids is 1. The van der Waals surface area contributed by atoms with Crippen LogP contribution in [-0.2, 0) is 30.8 Å². The number of nitrogens with one attached hydrogen (secondary N) is 3. The smallest absolute Gasteiger partial charge is 0.240 e. The van der Waals surface area contributed by atoms with Gasteiger partial charge in [0.05, 0.1) is 31.3 Å². The SMILES string of the molecule is CCNC(=NCc1ccc(N(C)C)cc1)c1ccc(S(=O)(=O)NCCC(=O)NCCOCCOCCCCCCCl)cc1. The normalized spacial score (nSPS) is 11.9. The Balaban J connectivity index is 1.70. The van der Waals surface area contributed by atoms with Gasteiger partial charge in [0.25, 0.3) is 0 Å². The Labute approximate surface area is 262 Å². The van der Waals surface area contributed by atoms with Gasteiger partial charge in [0, 0.05) is 63.9 Å². The summed E-state index contributed by atoms with van der Waals surface area (Å²) >= 11 is 5.65. The van der Waals surface area contributed by atoms with Crippen LogP contribution in [0.1, 0.15) is 50.2 Å². The molecular weight excluding hydrogens is 590 g/mol. The van der Waals surface area contributed by atoms with Gasteiger partial charge in [0.1, 0.15) is 5.84 Å². The number of benzene rings is 2. The number of halogens is 1. The highest BCUT2D eigenvalue weighted by molar-refractivity contribution is 7.89. The summed E-state index contributed by atoms with van der Waals surface area (Å²) in [5.41, 5.74) is 2.98. The van der Waals surface area contributed by atoms with Crippen molar-refractivity contribution in [3.05, 3.63) is 59.7 Å². The first-order chi connectivity index (χ1) is 20.8. The molecule has 240 valence electrons. The molecule has 0 saturated heterocycles. The van der Waals surface area contributed by atoms with Crippen LogP contribution in [0.25, 0.3) is 0 Å². The van der Waals surface area contributed by atoms with Gasteiger partial charge in [-0.15, -0.1) is 11.6 Å². The van der Waals surface area contributed by atoms with E-state index >= 15 is 0 Å². The zero-order chi connectivity index (χ0) is 31.3. The summed E-state index contributed by atoms with van der Waals surface area (Å²) in [6.07, 6.45) is 4.32. The number of amides is 1. The number of ether oxygens (including phenoxy) is 2. The Kier molecular flexibility index (Phi) is 17.9. The zero-order valence-corrected chi connectivity index (χ0v) is 27.3. The van der Waals surface area contributed by atoms with E-state index in [0.717, 1.165) is 42.5 Å². The van der Waals surface area contributed by atoms with Crippen molar-refractivity contribution < 1.29 is 22.7 Å². The number of aliphatic imine (C=N–C) groups is 1. The summed E-state index contributed by atoms with van der Waals surface area (Å²) in [6.45, 7) is 5.55. The number of sulfonamides is 1. The molecular formula is C31H48ClN5O5S. The van der Waals surface area contributed by atoms with Gasteiger partial charge >= 0.3 is 0 Å². The molecule has 0 unspecified atom stereocenters. The van der Waals surface area contributed by atoms with Gasteiger partial charge in [0.15, 0.2) is 0 Å². The van der Waals surface area contributed by atoms with Crippen LogP contribution in [0.15, 0.2) is 58.4 Å². The van der Waals surface area contributed by atoms with Crippen molar-refractivity contribution in [3.63, 3.8) is 0 Å². The third kappa shape index (κ3) is 15.0. The van der Waals surface area contributed by atoms with Gasteiger partial charge in [-0.2, -0.15) is 0 Å². The first-order valence-corrected chi connectivity index (χ1v) is 16.9. The number of rotatable bonds is 22. The van der Waals surface area contributed by atoms with Crippen molar-refractivity contribution in [2.45, 2.75) is 50.5 Å². The van der Waals surface area contributed by atoms with Crippen molar-refractivity contribution in [1.82, 2.24) is 15.4 Å². The van der Waals surface area contributed by atoms with Crippen LogP contribution >= 0.6 is 11.6 Å². The number of anilines is 1. The molecule has 2 aromatic rings. The molecule has 0 aromatic heterocycles. The molecule has 0 fully saturated rings. The Hall–Kier alpha value is -2.70. The molecule has 3 N–H and O–H groups in total. The van der Waals surface area contributed by atoms with Gasteiger partial charge in [-0.3, -0.25) is 9.79 Å². The Morgan fingerprint density at radius 1 is 0.860 bits per heavy atom. The fourth-order valence-corrected chi connectivity index (χ4v) is 5.21. The zero-order valence-electron chi connectivity index (χ0n) is 25.7. The van der Waals surface area contributed by atoms with Crippen molar-refractivity contribution >= 4 is 39.1 Å². The standard InChI is InChI=1S/C31H48ClN5O5S/c1-4-33-31(35-25-26-9-13-28(14-10-26)37(2)3)27-11-15-29(16-12-27)43(39,40)36-19-17-30(38)34-20-22-42-24-23-41-21-8-6-5-7-18-32/h9-16,36H,4-8,17-25H2,1-3H3,(H,33,35)(H,34,38). The molecule has 10 nitrogen and oxygen atoms in total. The van der Waals surface area contributed by atoms with Crippen molar-refractivity contribution in [2.24, 2.45) is 4.99 Å². The third-order valence-electron chi connectivity index (χ3n) is 6.41. The minimum atomic E-state index is -3.76. The molecule has 12 heteroatoms. The number of hydrogen-bond acceptors (Lipinski definition) is 7. The predicted octanol–water partition coefficient (Wildman–Crippen LogP) is 3.93. The molecule has 43 heavy (non-hydrogen) atoms. The topological polar surface area (TPSA) is 121 Å². The summed E-state index contributed by atoms with van der Waals surface area (Å²) in [5.74, 6) is 1.15. The average molecular weight is 638 g/mol. The van der Waals surface area contributed by atoms with Crippen LogP contribution in [0.4, 0.5) is 5.69 Å². The highest BCUT2D eigenvalue weighted by Gasteiger charge is 2.15. The first-order valence-electron chi connectivity index (χ1n) is 14.9. The highest BCUT2D eigenvalue weighted by Crippen LogP contribution is 2.14. The van der Waals surface area contributed by atoms with E-state index in [0.29, 0.717) is 57.8 Å². The van der Waals surface area contributed by atoms with E-state index in [1.54, 1.807) is 24.3 Å². The second kappa shape index (κ2) is 21.1. The lowest BCUT2D eigenvalue weighted by Gasteiger charge is -2.13. The largest absolute Gasteiger partial charge is 0.379 e. The Bertz CT molecular complexity index is 1190. The number of alkyl halides is 1. The Morgan fingerprint density at radius 2 is 1.53 bits per heavy atom. The van der Waals surface area contributed by atoms with Crippen LogP contribution in [0, 0.1) is 0 Å². The molecule has 0 saturated carbocycles. The molecule has 2 rings (SSSR count). The van der Waals surface area contributed by atoms with Crippen molar-refractivity contribution in [2.75, 3.05) is 70.9 Å². The summed E-state index contributed by atoms with van der Waals surface area (Å²) in [5, 5.41) is 5.99. The predicted molar refractivity (Wildman–Crippen MR) is 175 cm³/mol. The maximum absolute atomic E-state index is 12.8. The van der Waals surface area contributed by atoms with Crippen molar-refractivity contribution in [1.29, 1.82) is 0 Å². The van der Waals surface area contributed by atoms with Crippen molar-refractivity contribution in [3.8, 4) is 0 Å². The minimum absolute atomic E-state index is 0.00772. The van der Waals surface area contributed by atoms with E-state index < -0.39 is 10.0 Å². The summed E-state index contributed by atoms with van der Waals surface area (Å²) < 4.78 is 39.0. The monoisotopic (exact) mass is 637 g/mol. The quantitative estimate of drug-likeness (QED) is 0.0774. The average Bonchev–Trinajstić information content (AvgIpc) is 3.00. The molecule has 0 aliphatic carbocycles. The molecule has 0 aliphatic rings. The summed E-state index contributed by atoms with van der Waals surface area (Å²) in [7, 11) is 0.233. The van der Waals surface area contributed by atoms with Gasteiger partial charge < -0.3 is 25.0 Å². The molecule has 1 amide bonds. The number of carbonyl (C=O) groups is 1. The lowest BCUT2D eigenvalue weighted by Crippen LogP contribution is -2.32. The van der Waals surface area contributed by atoms with Gasteiger partial charge in [-0.05, 0) is 61.7 Å². The molecule has 0 radical (unpaired) electrons. The number of nitrogens with zero attached hydrogens (tertiary/aromatic N) is 2. The first kappa shape index (κ1) is 36.5. The van der Waals surface area contributed by atoms with E-state index in [4.69, 9.17) is 26.1 Å². The van der Waals surface area contributed by atoms with Crippen LogP contribution in [0.3, 0.4) is 0 Å². The molecule has 0 heterocycles. The van der Waals surface area contributed by atoms with E-state index in [1.165, 1.54) is 0 Å². The second-order valence-electron chi connectivity index (χ2n) is 10.1. The van der Waals surface area contributed by atoms with E-state index in [-0.39, 0.29) is 23.8 Å². The van der Waals surface area contributed by atoms with Crippen LogP contribution < -0.4 is 20.3 Å². The minimum Gasteiger partial charge on any atom is -0.379 e. The maximum Gasteiger partial charge on any atom is 0.240 e.